The molecule has 1 saturated heterocycles. The van der Waals surface area contributed by atoms with Crippen LogP contribution in [0.5, 0.6) is 0 Å². The van der Waals surface area contributed by atoms with Crippen LogP contribution in [0, 0.1) is 20.8 Å². The van der Waals surface area contributed by atoms with Gasteiger partial charge in [-0.3, -0.25) is 14.5 Å². The second kappa shape index (κ2) is 7.59. The smallest absolute Gasteiger partial charge is 0.320 e. The summed E-state index contributed by atoms with van der Waals surface area (Å²) >= 11 is 0. The van der Waals surface area contributed by atoms with Crippen LogP contribution in [0.15, 0.2) is 12.1 Å². The number of rotatable bonds is 6. The highest BCUT2D eigenvalue weighted by molar-refractivity contribution is 5.80. The summed E-state index contributed by atoms with van der Waals surface area (Å²) in [5.41, 5.74) is 5.03. The molecule has 1 aliphatic rings. The summed E-state index contributed by atoms with van der Waals surface area (Å²) in [7, 11) is 0. The summed E-state index contributed by atoms with van der Waals surface area (Å²) < 4.78 is 0. The molecule has 1 heterocycles. The number of hydrogen-bond donors (Lipinski definition) is 2. The standard InChI is InChI=1S/C18H26N2O3/c1-12-9-13(2)15(14(3)10-12)6-7-19-17(21)11-20-8-4-5-16(20)18(22)23/h9-10,16H,4-8,11H2,1-3H3,(H,19,21)(H,22,23)/t16-/m1/s1. The van der Waals surface area contributed by atoms with Crippen LogP contribution >= 0.6 is 0 Å². The zero-order chi connectivity index (χ0) is 17.0. The molecule has 0 spiro atoms. The number of aryl methyl sites for hydroxylation is 3. The first-order chi connectivity index (χ1) is 10.9. The number of carbonyl (C=O) groups excluding carboxylic acids is 1. The number of carboxylic acid groups (broad SMARTS) is 1. The van der Waals surface area contributed by atoms with Gasteiger partial charge in [0.05, 0.1) is 6.54 Å². The minimum atomic E-state index is -0.832. The lowest BCUT2D eigenvalue weighted by atomic mass is 9.97. The highest BCUT2D eigenvalue weighted by Gasteiger charge is 2.31. The van der Waals surface area contributed by atoms with Crippen LogP contribution in [-0.4, -0.2) is 47.6 Å². The summed E-state index contributed by atoms with van der Waals surface area (Å²) in [6.45, 7) is 7.71. The zero-order valence-corrected chi connectivity index (χ0v) is 14.2. The van der Waals surface area contributed by atoms with Gasteiger partial charge >= 0.3 is 5.97 Å². The molecule has 0 aliphatic carbocycles. The van der Waals surface area contributed by atoms with Crippen molar-refractivity contribution in [2.75, 3.05) is 19.6 Å². The number of benzene rings is 1. The van der Waals surface area contributed by atoms with Gasteiger partial charge in [0, 0.05) is 6.54 Å². The Kier molecular flexibility index (Phi) is 5.77. The van der Waals surface area contributed by atoms with Crippen molar-refractivity contribution in [3.05, 3.63) is 34.4 Å². The molecular formula is C18H26N2O3. The Balaban J connectivity index is 1.82. The van der Waals surface area contributed by atoms with Gasteiger partial charge in [-0.25, -0.2) is 0 Å². The molecule has 2 rings (SSSR count). The summed E-state index contributed by atoms with van der Waals surface area (Å²) in [4.78, 5) is 24.9. The Labute approximate surface area is 137 Å². The molecular weight excluding hydrogens is 292 g/mol. The third kappa shape index (κ3) is 4.55. The molecule has 0 saturated carbocycles. The monoisotopic (exact) mass is 318 g/mol. The molecule has 1 atom stereocenters. The Morgan fingerprint density at radius 2 is 1.91 bits per heavy atom. The van der Waals surface area contributed by atoms with E-state index in [1.165, 1.54) is 22.3 Å². The predicted molar refractivity (Wildman–Crippen MR) is 89.6 cm³/mol. The molecule has 1 fully saturated rings. The molecule has 1 amide bonds. The van der Waals surface area contributed by atoms with Gasteiger partial charge in [-0.1, -0.05) is 17.7 Å². The number of nitrogens with one attached hydrogen (secondary N) is 1. The van der Waals surface area contributed by atoms with Gasteiger partial charge in [-0.15, -0.1) is 0 Å². The highest BCUT2D eigenvalue weighted by atomic mass is 16.4. The predicted octanol–water partition coefficient (Wildman–Crippen LogP) is 1.82. The summed E-state index contributed by atoms with van der Waals surface area (Å²) in [6.07, 6.45) is 2.27. The number of carboxylic acids is 1. The van der Waals surface area contributed by atoms with E-state index < -0.39 is 12.0 Å². The van der Waals surface area contributed by atoms with Gasteiger partial charge in [-0.05, 0) is 63.3 Å². The van der Waals surface area contributed by atoms with Gasteiger partial charge < -0.3 is 10.4 Å². The summed E-state index contributed by atoms with van der Waals surface area (Å²) in [5.74, 6) is -0.929. The average Bonchev–Trinajstić information content (AvgIpc) is 2.89. The Morgan fingerprint density at radius 3 is 2.52 bits per heavy atom. The topological polar surface area (TPSA) is 69.6 Å². The van der Waals surface area contributed by atoms with Crippen molar-refractivity contribution in [3.8, 4) is 0 Å². The fourth-order valence-corrected chi connectivity index (χ4v) is 3.47. The minimum Gasteiger partial charge on any atom is -0.480 e. The third-order valence-electron chi connectivity index (χ3n) is 4.53. The Hall–Kier alpha value is -1.88. The lowest BCUT2D eigenvalue weighted by Crippen LogP contribution is -2.43. The van der Waals surface area contributed by atoms with Gasteiger partial charge in [0.2, 0.25) is 5.91 Å². The van der Waals surface area contributed by atoms with E-state index in [2.05, 4.69) is 38.2 Å². The maximum absolute atomic E-state index is 12.0. The van der Waals surface area contributed by atoms with E-state index in [0.29, 0.717) is 19.5 Å². The first-order valence-corrected chi connectivity index (χ1v) is 8.18. The average molecular weight is 318 g/mol. The maximum atomic E-state index is 12.0. The van der Waals surface area contributed by atoms with Crippen molar-refractivity contribution in [2.24, 2.45) is 0 Å². The van der Waals surface area contributed by atoms with Crippen LogP contribution in [0.1, 0.15) is 35.1 Å². The van der Waals surface area contributed by atoms with Crippen molar-refractivity contribution >= 4 is 11.9 Å². The van der Waals surface area contributed by atoms with Crippen LogP contribution in [0.25, 0.3) is 0 Å². The maximum Gasteiger partial charge on any atom is 0.320 e. The zero-order valence-electron chi connectivity index (χ0n) is 14.2. The van der Waals surface area contributed by atoms with Crippen molar-refractivity contribution in [1.29, 1.82) is 0 Å². The molecule has 2 N–H and O–H groups in total. The molecule has 5 nitrogen and oxygen atoms in total. The van der Waals surface area contributed by atoms with Gasteiger partial charge in [0.25, 0.3) is 0 Å². The van der Waals surface area contributed by atoms with E-state index in [0.717, 1.165) is 12.8 Å². The molecule has 23 heavy (non-hydrogen) atoms. The third-order valence-corrected chi connectivity index (χ3v) is 4.53. The molecule has 5 heteroatoms. The van der Waals surface area contributed by atoms with Crippen LogP contribution in [0.2, 0.25) is 0 Å². The molecule has 1 aromatic rings. The second-order valence-electron chi connectivity index (χ2n) is 6.44. The number of nitrogens with zero attached hydrogens (tertiary/aromatic N) is 1. The van der Waals surface area contributed by atoms with Crippen molar-refractivity contribution in [2.45, 2.75) is 46.1 Å². The van der Waals surface area contributed by atoms with Crippen molar-refractivity contribution in [1.82, 2.24) is 10.2 Å². The van der Waals surface area contributed by atoms with E-state index in [1.54, 1.807) is 4.90 Å². The first-order valence-electron chi connectivity index (χ1n) is 8.18. The lowest BCUT2D eigenvalue weighted by Gasteiger charge is -2.20. The molecule has 1 aliphatic heterocycles. The van der Waals surface area contributed by atoms with E-state index in [9.17, 15) is 9.59 Å². The van der Waals surface area contributed by atoms with Gasteiger partial charge in [0.1, 0.15) is 6.04 Å². The molecule has 1 aromatic carbocycles. The van der Waals surface area contributed by atoms with E-state index in [4.69, 9.17) is 5.11 Å². The van der Waals surface area contributed by atoms with Gasteiger partial charge in [0.15, 0.2) is 0 Å². The molecule has 0 bridgehead atoms. The van der Waals surface area contributed by atoms with Crippen molar-refractivity contribution < 1.29 is 14.7 Å². The second-order valence-corrected chi connectivity index (χ2v) is 6.44. The van der Waals surface area contributed by atoms with E-state index in [1.807, 2.05) is 0 Å². The van der Waals surface area contributed by atoms with Crippen LogP contribution in [0.3, 0.4) is 0 Å². The fraction of sp³-hybridized carbons (Fsp3) is 0.556. The SMILES string of the molecule is Cc1cc(C)c(CCNC(=O)CN2CCC[C@@H]2C(=O)O)c(C)c1. The van der Waals surface area contributed by atoms with E-state index >= 15 is 0 Å². The fourth-order valence-electron chi connectivity index (χ4n) is 3.47. The van der Waals surface area contributed by atoms with Crippen LogP contribution in [0.4, 0.5) is 0 Å². The molecule has 126 valence electrons. The molecule has 0 aromatic heterocycles. The minimum absolute atomic E-state index is 0.0967. The Bertz CT molecular complexity index is 575. The van der Waals surface area contributed by atoms with E-state index in [-0.39, 0.29) is 12.5 Å². The summed E-state index contributed by atoms with van der Waals surface area (Å²) in [6, 6.07) is 3.81. The van der Waals surface area contributed by atoms with Crippen LogP contribution in [-0.2, 0) is 16.0 Å². The number of carbonyl (C=O) groups is 2. The normalized spacial score (nSPS) is 18.1. The van der Waals surface area contributed by atoms with Crippen molar-refractivity contribution in [3.63, 3.8) is 0 Å². The molecule has 0 radical (unpaired) electrons. The number of amides is 1. The first kappa shape index (κ1) is 17.5. The largest absolute Gasteiger partial charge is 0.480 e. The Morgan fingerprint density at radius 1 is 1.26 bits per heavy atom. The highest BCUT2D eigenvalue weighted by Crippen LogP contribution is 2.17. The quantitative estimate of drug-likeness (QED) is 0.839. The lowest BCUT2D eigenvalue weighted by molar-refractivity contribution is -0.142. The number of likely N-dealkylation sites (tertiary alicyclic amines) is 1. The van der Waals surface area contributed by atoms with Gasteiger partial charge in [-0.2, -0.15) is 0 Å². The number of hydrogen-bond acceptors (Lipinski definition) is 3. The summed E-state index contributed by atoms with van der Waals surface area (Å²) in [5, 5.41) is 12.0. The molecule has 0 unspecified atom stereocenters. The van der Waals surface area contributed by atoms with Crippen LogP contribution < -0.4 is 5.32 Å². The number of aliphatic carboxylic acids is 1.